The SMILES string of the molecule is [N-]=[N+]=Nc1cc[nH]c1. The van der Waals surface area contributed by atoms with E-state index in [4.69, 9.17) is 5.53 Å². The second-order valence-corrected chi connectivity index (χ2v) is 1.26. The van der Waals surface area contributed by atoms with Crippen LogP contribution in [-0.4, -0.2) is 4.98 Å². The second kappa shape index (κ2) is 2.04. The Balaban J connectivity index is 2.93. The molecular weight excluding hydrogens is 104 g/mol. The molecule has 0 atom stereocenters. The first-order valence-corrected chi connectivity index (χ1v) is 2.11. The van der Waals surface area contributed by atoms with Crippen LogP contribution < -0.4 is 0 Å². The number of hydrogen-bond donors (Lipinski definition) is 1. The molecule has 0 bridgehead atoms. The molecule has 0 fully saturated rings. The van der Waals surface area contributed by atoms with Crippen molar-refractivity contribution in [1.29, 1.82) is 0 Å². The first-order valence-electron chi connectivity index (χ1n) is 2.11. The van der Waals surface area contributed by atoms with E-state index in [0.29, 0.717) is 5.69 Å². The maximum atomic E-state index is 7.88. The van der Waals surface area contributed by atoms with Crippen LogP contribution in [0.3, 0.4) is 0 Å². The highest BCUT2D eigenvalue weighted by molar-refractivity contribution is 5.32. The van der Waals surface area contributed by atoms with Crippen molar-refractivity contribution in [3.8, 4) is 0 Å². The molecule has 0 aromatic carbocycles. The van der Waals surface area contributed by atoms with Crippen LogP contribution in [0, 0.1) is 0 Å². The van der Waals surface area contributed by atoms with E-state index in [2.05, 4.69) is 15.0 Å². The summed E-state index contributed by atoms with van der Waals surface area (Å²) in [5, 5.41) is 3.32. The number of rotatable bonds is 1. The van der Waals surface area contributed by atoms with E-state index in [1.807, 2.05) is 0 Å². The Hall–Kier alpha value is -1.41. The van der Waals surface area contributed by atoms with E-state index in [9.17, 15) is 0 Å². The first kappa shape index (κ1) is 4.74. The number of nitrogens with zero attached hydrogens (tertiary/aromatic N) is 3. The van der Waals surface area contributed by atoms with E-state index in [1.165, 1.54) is 0 Å². The van der Waals surface area contributed by atoms with Crippen LogP contribution in [0.5, 0.6) is 0 Å². The van der Waals surface area contributed by atoms with Crippen molar-refractivity contribution in [2.45, 2.75) is 0 Å². The summed E-state index contributed by atoms with van der Waals surface area (Å²) in [5.74, 6) is 0. The lowest BCUT2D eigenvalue weighted by Crippen LogP contribution is -1.44. The molecule has 4 nitrogen and oxygen atoms in total. The summed E-state index contributed by atoms with van der Waals surface area (Å²) in [6.07, 6.45) is 3.32. The van der Waals surface area contributed by atoms with Crippen molar-refractivity contribution in [2.24, 2.45) is 5.11 Å². The highest BCUT2D eigenvalue weighted by Gasteiger charge is 1.80. The fourth-order valence-electron chi connectivity index (χ4n) is 0.429. The second-order valence-electron chi connectivity index (χ2n) is 1.26. The summed E-state index contributed by atoms with van der Waals surface area (Å²) in [5.41, 5.74) is 8.50. The molecule has 1 aromatic heterocycles. The van der Waals surface area contributed by atoms with E-state index in [0.717, 1.165) is 0 Å². The number of azide groups is 1. The van der Waals surface area contributed by atoms with E-state index < -0.39 is 0 Å². The molecule has 0 aliphatic rings. The summed E-state index contributed by atoms with van der Waals surface area (Å²) in [4.78, 5) is 5.33. The monoisotopic (exact) mass is 108 g/mol. The third-order valence-corrected chi connectivity index (χ3v) is 0.742. The molecule has 1 aromatic rings. The number of aromatic amines is 1. The lowest BCUT2D eigenvalue weighted by molar-refractivity contribution is 1.40. The van der Waals surface area contributed by atoms with Crippen LogP contribution in [0.4, 0.5) is 5.69 Å². The molecule has 0 aliphatic heterocycles. The summed E-state index contributed by atoms with van der Waals surface area (Å²) < 4.78 is 0. The molecule has 1 heterocycles. The summed E-state index contributed by atoms with van der Waals surface area (Å²) in [6.45, 7) is 0. The molecule has 40 valence electrons. The number of nitrogens with one attached hydrogen (secondary N) is 1. The van der Waals surface area contributed by atoms with Crippen molar-refractivity contribution < 1.29 is 0 Å². The van der Waals surface area contributed by atoms with E-state index >= 15 is 0 Å². The Morgan fingerprint density at radius 2 is 2.62 bits per heavy atom. The Morgan fingerprint density at radius 1 is 1.75 bits per heavy atom. The standard InChI is InChI=1S/C4H4N4/c5-8-7-4-1-2-6-3-4/h1-3,6H. The Kier molecular flexibility index (Phi) is 1.21. The predicted octanol–water partition coefficient (Wildman–Crippen LogP) is 1.96. The van der Waals surface area contributed by atoms with Gasteiger partial charge in [0.05, 0.1) is 5.69 Å². The van der Waals surface area contributed by atoms with Crippen LogP contribution in [-0.2, 0) is 0 Å². The topological polar surface area (TPSA) is 64.6 Å². The highest BCUT2D eigenvalue weighted by atomic mass is 15.1. The summed E-state index contributed by atoms with van der Waals surface area (Å²) in [7, 11) is 0. The van der Waals surface area contributed by atoms with Gasteiger partial charge in [0.15, 0.2) is 0 Å². The van der Waals surface area contributed by atoms with Crippen molar-refractivity contribution in [1.82, 2.24) is 4.98 Å². The average molecular weight is 108 g/mol. The molecule has 0 saturated heterocycles. The first-order chi connectivity index (χ1) is 3.93. The fraction of sp³-hybridized carbons (Fsp3) is 0. The van der Waals surface area contributed by atoms with Crippen LogP contribution >= 0.6 is 0 Å². The van der Waals surface area contributed by atoms with Gasteiger partial charge in [-0.3, -0.25) is 0 Å². The van der Waals surface area contributed by atoms with Crippen molar-refractivity contribution in [3.63, 3.8) is 0 Å². The largest absolute Gasteiger partial charge is 0.367 e. The van der Waals surface area contributed by atoms with Gasteiger partial charge in [-0.2, -0.15) is 0 Å². The fourth-order valence-corrected chi connectivity index (χ4v) is 0.429. The maximum absolute atomic E-state index is 7.88. The van der Waals surface area contributed by atoms with Crippen LogP contribution in [0.25, 0.3) is 10.4 Å². The lowest BCUT2D eigenvalue weighted by atomic mass is 10.6. The molecule has 0 saturated carbocycles. The zero-order valence-corrected chi connectivity index (χ0v) is 4.07. The molecule has 0 unspecified atom stereocenters. The van der Waals surface area contributed by atoms with Crippen LogP contribution in [0.1, 0.15) is 0 Å². The zero-order chi connectivity index (χ0) is 5.82. The Labute approximate surface area is 45.8 Å². The number of hydrogen-bond acceptors (Lipinski definition) is 1. The van der Waals surface area contributed by atoms with Gasteiger partial charge >= 0.3 is 0 Å². The van der Waals surface area contributed by atoms with Gasteiger partial charge in [-0.05, 0) is 11.6 Å². The molecule has 0 spiro atoms. The van der Waals surface area contributed by atoms with Crippen LogP contribution in [0.2, 0.25) is 0 Å². The van der Waals surface area contributed by atoms with E-state index in [1.54, 1.807) is 18.5 Å². The highest BCUT2D eigenvalue weighted by Crippen LogP contribution is 2.07. The van der Waals surface area contributed by atoms with Crippen molar-refractivity contribution >= 4 is 5.69 Å². The maximum Gasteiger partial charge on any atom is 0.0549 e. The number of H-pyrrole nitrogens is 1. The molecule has 4 heteroatoms. The predicted molar refractivity (Wildman–Crippen MR) is 29.6 cm³/mol. The minimum Gasteiger partial charge on any atom is -0.367 e. The zero-order valence-electron chi connectivity index (χ0n) is 4.07. The Bertz CT molecular complexity index is 194. The average Bonchev–Trinajstić information content (AvgIpc) is 2.19. The molecule has 1 N–H and O–H groups in total. The molecule has 1 rings (SSSR count). The third-order valence-electron chi connectivity index (χ3n) is 0.742. The van der Waals surface area contributed by atoms with Crippen molar-refractivity contribution in [3.05, 3.63) is 28.9 Å². The summed E-state index contributed by atoms with van der Waals surface area (Å²) >= 11 is 0. The molecule has 0 aliphatic carbocycles. The van der Waals surface area contributed by atoms with Gasteiger partial charge in [0, 0.05) is 17.3 Å². The van der Waals surface area contributed by atoms with Crippen LogP contribution in [0.15, 0.2) is 23.6 Å². The van der Waals surface area contributed by atoms with Gasteiger partial charge < -0.3 is 4.98 Å². The normalized spacial score (nSPS) is 8.00. The number of aromatic nitrogens is 1. The van der Waals surface area contributed by atoms with Gasteiger partial charge in [-0.15, -0.1) is 0 Å². The molecular formula is C4H4N4. The molecule has 0 amide bonds. The quantitative estimate of drug-likeness (QED) is 0.324. The van der Waals surface area contributed by atoms with Gasteiger partial charge in [-0.25, -0.2) is 0 Å². The van der Waals surface area contributed by atoms with Gasteiger partial charge in [-0.1, -0.05) is 5.11 Å². The minimum atomic E-state index is 0.618. The van der Waals surface area contributed by atoms with Gasteiger partial charge in [0.25, 0.3) is 0 Å². The van der Waals surface area contributed by atoms with E-state index in [-0.39, 0.29) is 0 Å². The van der Waals surface area contributed by atoms with Gasteiger partial charge in [0.2, 0.25) is 0 Å². The lowest BCUT2D eigenvalue weighted by Gasteiger charge is -1.69. The third kappa shape index (κ3) is 0.802. The van der Waals surface area contributed by atoms with Gasteiger partial charge in [0.1, 0.15) is 0 Å². The summed E-state index contributed by atoms with van der Waals surface area (Å²) in [6, 6.07) is 1.69. The smallest absolute Gasteiger partial charge is 0.0549 e. The molecule has 0 radical (unpaired) electrons. The molecule has 8 heavy (non-hydrogen) atoms. The minimum absolute atomic E-state index is 0.618. The Morgan fingerprint density at radius 3 is 3.12 bits per heavy atom. The van der Waals surface area contributed by atoms with Crippen molar-refractivity contribution in [2.75, 3.05) is 0 Å².